The molecule has 3 N–H and O–H groups in total. The highest BCUT2D eigenvalue weighted by Crippen LogP contribution is 2.56. The Morgan fingerprint density at radius 2 is 1.62 bits per heavy atom. The Bertz CT molecular complexity index is 1230. The number of aryl methyl sites for hydroxylation is 2. The van der Waals surface area contributed by atoms with Crippen LogP contribution >= 0.6 is 0 Å². The number of anilines is 1. The third-order valence-corrected chi connectivity index (χ3v) is 6.34. The van der Waals surface area contributed by atoms with Crippen molar-refractivity contribution in [2.24, 2.45) is 0 Å². The summed E-state index contributed by atoms with van der Waals surface area (Å²) in [5.74, 6) is 1.69. The van der Waals surface area contributed by atoms with E-state index in [1.807, 2.05) is 50.2 Å². The number of methoxy groups -OCH3 is 2. The molecule has 7 nitrogen and oxygen atoms in total. The molecule has 0 radical (unpaired) electrons. The lowest BCUT2D eigenvalue weighted by molar-refractivity contribution is 0.0856. The van der Waals surface area contributed by atoms with Crippen LogP contribution in [-0.2, 0) is 11.3 Å². The number of pyridine rings is 1. The Labute approximate surface area is 186 Å². The summed E-state index contributed by atoms with van der Waals surface area (Å²) in [7, 11) is 3.25. The fourth-order valence-electron chi connectivity index (χ4n) is 4.74. The minimum atomic E-state index is -0.219. The molecule has 2 bridgehead atoms. The highest BCUT2D eigenvalue weighted by atomic mass is 16.5. The minimum absolute atomic E-state index is 0.140. The van der Waals surface area contributed by atoms with E-state index >= 15 is 0 Å². The molecule has 0 saturated carbocycles. The first-order chi connectivity index (χ1) is 15.4. The monoisotopic (exact) mass is 431 g/mol. The average Bonchev–Trinajstić information content (AvgIpc) is 3.33. The Hall–Kier alpha value is -3.58. The van der Waals surface area contributed by atoms with Crippen LogP contribution < -0.4 is 20.5 Å². The molecule has 0 fully saturated rings. The predicted molar refractivity (Wildman–Crippen MR) is 120 cm³/mol. The van der Waals surface area contributed by atoms with Crippen LogP contribution in [0.4, 0.5) is 5.82 Å². The van der Waals surface area contributed by atoms with Gasteiger partial charge in [-0.25, -0.2) is 4.98 Å². The third kappa shape index (κ3) is 3.08. The number of hydrogen-bond donors (Lipinski definition) is 2. The topological polar surface area (TPSA) is 95.7 Å². The second-order valence-corrected chi connectivity index (χ2v) is 8.19. The van der Waals surface area contributed by atoms with Gasteiger partial charge in [0.05, 0.1) is 14.2 Å². The number of benzene rings is 2. The number of amides is 1. The van der Waals surface area contributed by atoms with Gasteiger partial charge in [-0.3, -0.25) is 4.79 Å². The van der Waals surface area contributed by atoms with E-state index in [4.69, 9.17) is 19.9 Å². The summed E-state index contributed by atoms with van der Waals surface area (Å²) < 4.78 is 17.2. The first kappa shape index (κ1) is 20.3. The highest BCUT2D eigenvalue weighted by Gasteiger charge is 2.43. The Balaban J connectivity index is 1.40. The summed E-state index contributed by atoms with van der Waals surface area (Å²) >= 11 is 0. The lowest BCUT2D eigenvalue weighted by atomic mass is 9.85. The van der Waals surface area contributed by atoms with Crippen molar-refractivity contribution in [3.05, 3.63) is 81.0 Å². The zero-order valence-electron chi connectivity index (χ0n) is 18.5. The second-order valence-electron chi connectivity index (χ2n) is 8.19. The Kier molecular flexibility index (Phi) is 4.78. The number of carbonyl (C=O) groups is 1. The zero-order valence-corrected chi connectivity index (χ0v) is 18.5. The standard InChI is InChI=1S/C25H25N3O4/c1-12-7-22(26)28-13(2)19(12)11-27-25(29)14-5-6-15-16(8-14)24-18-10-21(31-4)20(30-3)9-17(18)23(15)32-24/h5-10,23-24H,11H2,1-4H3,(H2,26,28)(H,27,29). The summed E-state index contributed by atoms with van der Waals surface area (Å²) in [5, 5.41) is 3.01. The van der Waals surface area contributed by atoms with E-state index in [1.54, 1.807) is 14.2 Å². The van der Waals surface area contributed by atoms with Crippen LogP contribution in [0.2, 0.25) is 0 Å². The molecule has 2 unspecified atom stereocenters. The quantitative estimate of drug-likeness (QED) is 0.639. The van der Waals surface area contributed by atoms with Gasteiger partial charge in [-0.15, -0.1) is 0 Å². The second kappa shape index (κ2) is 7.53. The van der Waals surface area contributed by atoms with Crippen molar-refractivity contribution in [3.63, 3.8) is 0 Å². The first-order valence-corrected chi connectivity index (χ1v) is 10.5. The van der Waals surface area contributed by atoms with E-state index < -0.39 is 0 Å². The van der Waals surface area contributed by atoms with Gasteiger partial charge in [0, 0.05) is 17.8 Å². The van der Waals surface area contributed by atoms with Crippen molar-refractivity contribution in [1.82, 2.24) is 10.3 Å². The van der Waals surface area contributed by atoms with Gasteiger partial charge in [-0.05, 0) is 77.6 Å². The van der Waals surface area contributed by atoms with Crippen LogP contribution in [0.3, 0.4) is 0 Å². The number of hydrogen-bond acceptors (Lipinski definition) is 6. The van der Waals surface area contributed by atoms with Crippen molar-refractivity contribution < 1.29 is 19.0 Å². The normalized spacial score (nSPS) is 17.6. The highest BCUT2D eigenvalue weighted by molar-refractivity contribution is 5.94. The van der Waals surface area contributed by atoms with Gasteiger partial charge in [-0.1, -0.05) is 6.07 Å². The molecule has 32 heavy (non-hydrogen) atoms. The van der Waals surface area contributed by atoms with E-state index in [2.05, 4.69) is 10.3 Å². The number of fused-ring (bicyclic) bond motifs is 8. The number of rotatable bonds is 5. The third-order valence-electron chi connectivity index (χ3n) is 6.34. The van der Waals surface area contributed by atoms with E-state index in [0.29, 0.717) is 29.4 Å². The molecular weight excluding hydrogens is 406 g/mol. The molecule has 0 saturated heterocycles. The molecule has 2 aromatic carbocycles. The summed E-state index contributed by atoms with van der Waals surface area (Å²) in [6, 6.07) is 11.5. The number of ether oxygens (including phenoxy) is 3. The van der Waals surface area contributed by atoms with Gasteiger partial charge in [0.2, 0.25) is 0 Å². The fraction of sp³-hybridized carbons (Fsp3) is 0.280. The van der Waals surface area contributed by atoms with Crippen LogP contribution in [0, 0.1) is 13.8 Å². The summed E-state index contributed by atoms with van der Waals surface area (Å²) in [6.45, 7) is 4.26. The number of nitrogens with zero attached hydrogens (tertiary/aromatic N) is 1. The van der Waals surface area contributed by atoms with E-state index in [-0.39, 0.29) is 18.1 Å². The van der Waals surface area contributed by atoms with Crippen LogP contribution in [0.1, 0.15) is 61.6 Å². The molecule has 5 rings (SSSR count). The smallest absolute Gasteiger partial charge is 0.251 e. The van der Waals surface area contributed by atoms with E-state index in [1.165, 1.54) is 0 Å². The maximum absolute atomic E-state index is 12.9. The number of nitrogens with one attached hydrogen (secondary N) is 1. The average molecular weight is 431 g/mol. The molecule has 0 aliphatic carbocycles. The van der Waals surface area contributed by atoms with Crippen molar-refractivity contribution in [3.8, 4) is 11.5 Å². The largest absolute Gasteiger partial charge is 0.493 e. The molecule has 0 spiro atoms. The summed E-state index contributed by atoms with van der Waals surface area (Å²) in [5.41, 5.74) is 13.4. The minimum Gasteiger partial charge on any atom is -0.493 e. The fourth-order valence-corrected chi connectivity index (χ4v) is 4.74. The lowest BCUT2D eigenvalue weighted by Crippen LogP contribution is -2.24. The summed E-state index contributed by atoms with van der Waals surface area (Å²) in [6.07, 6.45) is -0.378. The van der Waals surface area contributed by atoms with Crippen LogP contribution in [0.15, 0.2) is 36.4 Å². The van der Waals surface area contributed by atoms with E-state index in [0.717, 1.165) is 39.1 Å². The molecule has 3 aromatic rings. The maximum atomic E-state index is 12.9. The van der Waals surface area contributed by atoms with Gasteiger partial charge in [0.15, 0.2) is 11.5 Å². The molecule has 164 valence electrons. The molecule has 3 heterocycles. The predicted octanol–water partition coefficient (Wildman–Crippen LogP) is 3.75. The van der Waals surface area contributed by atoms with Crippen molar-refractivity contribution in [2.45, 2.75) is 32.6 Å². The Morgan fingerprint density at radius 3 is 2.25 bits per heavy atom. The SMILES string of the molecule is COc1cc2c(cc1OC)C1OC2c2ccc(C(=O)NCc3c(C)cc(N)nc3C)cc21. The molecule has 2 aliphatic rings. The van der Waals surface area contributed by atoms with Crippen molar-refractivity contribution >= 4 is 11.7 Å². The molecule has 2 aliphatic heterocycles. The number of carbonyl (C=O) groups excluding carboxylic acids is 1. The number of aromatic nitrogens is 1. The molecule has 1 aromatic heterocycles. The van der Waals surface area contributed by atoms with Crippen molar-refractivity contribution in [2.75, 3.05) is 20.0 Å². The van der Waals surface area contributed by atoms with Gasteiger partial charge in [-0.2, -0.15) is 0 Å². The van der Waals surface area contributed by atoms with Crippen LogP contribution in [0.25, 0.3) is 0 Å². The Morgan fingerprint density at radius 1 is 1.00 bits per heavy atom. The van der Waals surface area contributed by atoms with Gasteiger partial charge in [0.25, 0.3) is 5.91 Å². The molecule has 2 atom stereocenters. The van der Waals surface area contributed by atoms with Gasteiger partial charge >= 0.3 is 0 Å². The number of nitrogen functional groups attached to an aromatic ring is 1. The van der Waals surface area contributed by atoms with Gasteiger partial charge < -0.3 is 25.3 Å². The van der Waals surface area contributed by atoms with Crippen LogP contribution in [-0.4, -0.2) is 25.1 Å². The maximum Gasteiger partial charge on any atom is 0.251 e. The van der Waals surface area contributed by atoms with Crippen LogP contribution in [0.5, 0.6) is 11.5 Å². The van der Waals surface area contributed by atoms with E-state index in [9.17, 15) is 4.79 Å². The molecular formula is C25H25N3O4. The summed E-state index contributed by atoms with van der Waals surface area (Å²) in [4.78, 5) is 17.2. The zero-order chi connectivity index (χ0) is 22.6. The lowest BCUT2D eigenvalue weighted by Gasteiger charge is -2.19. The van der Waals surface area contributed by atoms with Crippen molar-refractivity contribution in [1.29, 1.82) is 0 Å². The molecule has 1 amide bonds. The van der Waals surface area contributed by atoms with Gasteiger partial charge in [0.1, 0.15) is 18.0 Å². The first-order valence-electron chi connectivity index (χ1n) is 10.5. The number of nitrogens with two attached hydrogens (primary N) is 1. The molecule has 7 heteroatoms.